The van der Waals surface area contributed by atoms with E-state index in [9.17, 15) is 0 Å². The maximum atomic E-state index is 2.73. The Labute approximate surface area is 114 Å². The van der Waals surface area contributed by atoms with Gasteiger partial charge in [-0.05, 0) is 31.1 Å². The molecule has 2 unspecified atom stereocenters. The lowest BCUT2D eigenvalue weighted by molar-refractivity contribution is 0.169. The smallest absolute Gasteiger partial charge is 0.0125 e. The minimum Gasteiger partial charge on any atom is -0.298 e. The summed E-state index contributed by atoms with van der Waals surface area (Å²) in [7, 11) is 0. The van der Waals surface area contributed by atoms with E-state index in [-0.39, 0.29) is 0 Å². The molecule has 1 aliphatic carbocycles. The molecule has 2 aliphatic rings. The molecule has 0 aromatic rings. The van der Waals surface area contributed by atoms with Gasteiger partial charge in [0.25, 0.3) is 0 Å². The molecule has 2 rings (SSSR count). The van der Waals surface area contributed by atoms with Gasteiger partial charge >= 0.3 is 0 Å². The topological polar surface area (TPSA) is 3.01 Å². The summed E-state index contributed by atoms with van der Waals surface area (Å²) in [6.07, 6.45) is 14.7. The van der Waals surface area contributed by atoms with Gasteiger partial charge in [-0.3, -0.25) is 4.90 Å². The Kier molecular flexibility index (Phi) is 6.01. The molecule has 1 nitrogen and oxygen atoms in total. The monoisotopic (exact) mass is 251 g/mol. The van der Waals surface area contributed by atoms with Gasteiger partial charge in [0.2, 0.25) is 0 Å². The second-order valence-electron chi connectivity index (χ2n) is 6.64. The van der Waals surface area contributed by atoms with E-state index in [1.807, 2.05) is 0 Å². The minimum absolute atomic E-state index is 0.977. The van der Waals surface area contributed by atoms with Crippen molar-refractivity contribution < 1.29 is 0 Å². The molecule has 0 aromatic carbocycles. The highest BCUT2D eigenvalue weighted by atomic mass is 15.3. The van der Waals surface area contributed by atoms with Crippen LogP contribution in [0.4, 0.5) is 0 Å². The molecule has 1 heterocycles. The van der Waals surface area contributed by atoms with Crippen LogP contribution in [0, 0.1) is 11.8 Å². The normalized spacial score (nSPS) is 23.7. The first-order valence-corrected chi connectivity index (χ1v) is 8.59. The highest BCUT2D eigenvalue weighted by Gasteiger charge is 2.35. The van der Waals surface area contributed by atoms with Gasteiger partial charge in [0.15, 0.2) is 0 Å². The molecule has 0 aromatic heterocycles. The van der Waals surface area contributed by atoms with E-state index >= 15 is 0 Å². The van der Waals surface area contributed by atoms with E-state index in [4.69, 9.17) is 0 Å². The minimum atomic E-state index is 0.977. The largest absolute Gasteiger partial charge is 0.298 e. The summed E-state index contributed by atoms with van der Waals surface area (Å²) in [6, 6.07) is 0.977. The highest BCUT2D eigenvalue weighted by Crippen LogP contribution is 2.37. The van der Waals surface area contributed by atoms with Crippen LogP contribution in [0.15, 0.2) is 0 Å². The molecule has 1 saturated carbocycles. The third-order valence-electron chi connectivity index (χ3n) is 5.28. The Morgan fingerprint density at radius 2 is 1.72 bits per heavy atom. The summed E-state index contributed by atoms with van der Waals surface area (Å²) in [5.41, 5.74) is 0. The van der Waals surface area contributed by atoms with Crippen molar-refractivity contribution in [1.29, 1.82) is 0 Å². The van der Waals surface area contributed by atoms with E-state index in [2.05, 4.69) is 18.7 Å². The summed E-state index contributed by atoms with van der Waals surface area (Å²) < 4.78 is 0. The van der Waals surface area contributed by atoms with Gasteiger partial charge in [0.05, 0.1) is 0 Å². The number of unbranched alkanes of at least 4 members (excludes halogenated alkanes) is 1. The molecule has 2 fully saturated rings. The molecular weight excluding hydrogens is 218 g/mol. The van der Waals surface area contributed by atoms with Crippen molar-refractivity contribution in [2.75, 3.05) is 13.1 Å². The number of hydrogen-bond acceptors (Lipinski definition) is 1. The van der Waals surface area contributed by atoms with E-state index in [0.717, 1.165) is 17.9 Å². The fourth-order valence-corrected chi connectivity index (χ4v) is 3.68. The van der Waals surface area contributed by atoms with Crippen LogP contribution in [0.25, 0.3) is 0 Å². The lowest BCUT2D eigenvalue weighted by Crippen LogP contribution is -2.33. The molecule has 106 valence electrons. The van der Waals surface area contributed by atoms with Crippen LogP contribution in [0.3, 0.4) is 0 Å². The zero-order chi connectivity index (χ0) is 12.8. The first-order valence-electron chi connectivity index (χ1n) is 8.59. The standard InChI is InChI=1S/C17H33N/c1-3-8-15(4-2)9-5-6-12-17(18-13-14-18)16-10-7-11-16/h15-17H,3-14H2,1-2H3. The van der Waals surface area contributed by atoms with Crippen LogP contribution in [0.2, 0.25) is 0 Å². The van der Waals surface area contributed by atoms with Gasteiger partial charge in [-0.15, -0.1) is 0 Å². The van der Waals surface area contributed by atoms with Gasteiger partial charge in [-0.1, -0.05) is 58.8 Å². The lowest BCUT2D eigenvalue weighted by atomic mass is 9.77. The summed E-state index contributed by atoms with van der Waals surface area (Å²) in [4.78, 5) is 2.73. The van der Waals surface area contributed by atoms with Gasteiger partial charge in [0, 0.05) is 19.1 Å². The van der Waals surface area contributed by atoms with E-state index in [0.29, 0.717) is 0 Å². The van der Waals surface area contributed by atoms with E-state index in [1.54, 1.807) is 0 Å². The zero-order valence-electron chi connectivity index (χ0n) is 12.7. The molecule has 0 spiro atoms. The Hall–Kier alpha value is -0.0400. The molecule has 1 aliphatic heterocycles. The summed E-state index contributed by atoms with van der Waals surface area (Å²) >= 11 is 0. The Bertz CT molecular complexity index is 218. The van der Waals surface area contributed by atoms with Crippen molar-refractivity contribution in [1.82, 2.24) is 4.90 Å². The van der Waals surface area contributed by atoms with Gasteiger partial charge in [0.1, 0.15) is 0 Å². The fraction of sp³-hybridized carbons (Fsp3) is 1.00. The van der Waals surface area contributed by atoms with E-state index < -0.39 is 0 Å². The van der Waals surface area contributed by atoms with Gasteiger partial charge < -0.3 is 0 Å². The maximum absolute atomic E-state index is 2.73. The number of nitrogens with zero attached hydrogens (tertiary/aromatic N) is 1. The van der Waals surface area contributed by atoms with Crippen molar-refractivity contribution in [2.45, 2.75) is 84.1 Å². The molecule has 1 heteroatoms. The third kappa shape index (κ3) is 4.26. The molecular formula is C17H33N. The van der Waals surface area contributed by atoms with Crippen LogP contribution >= 0.6 is 0 Å². The average molecular weight is 251 g/mol. The van der Waals surface area contributed by atoms with Crippen molar-refractivity contribution in [3.05, 3.63) is 0 Å². The van der Waals surface area contributed by atoms with Crippen LogP contribution in [-0.2, 0) is 0 Å². The van der Waals surface area contributed by atoms with Gasteiger partial charge in [-0.25, -0.2) is 0 Å². The predicted octanol–water partition coefficient (Wildman–Crippen LogP) is 4.86. The average Bonchev–Trinajstić information content (AvgIpc) is 3.13. The molecule has 1 saturated heterocycles. The third-order valence-corrected chi connectivity index (χ3v) is 5.28. The van der Waals surface area contributed by atoms with Crippen LogP contribution in [-0.4, -0.2) is 24.0 Å². The van der Waals surface area contributed by atoms with Gasteiger partial charge in [-0.2, -0.15) is 0 Å². The zero-order valence-corrected chi connectivity index (χ0v) is 12.7. The van der Waals surface area contributed by atoms with Crippen molar-refractivity contribution in [3.8, 4) is 0 Å². The fourth-order valence-electron chi connectivity index (χ4n) is 3.68. The lowest BCUT2D eigenvalue weighted by Gasteiger charge is -2.35. The molecule has 0 amide bonds. The number of rotatable bonds is 10. The SMILES string of the molecule is CCCC(CC)CCCCC(C1CCC1)N1CC1. The van der Waals surface area contributed by atoms with Crippen molar-refractivity contribution >= 4 is 0 Å². The Morgan fingerprint density at radius 3 is 2.22 bits per heavy atom. The summed E-state index contributed by atoms with van der Waals surface area (Å²) in [6.45, 7) is 7.49. The van der Waals surface area contributed by atoms with Crippen LogP contribution in [0.1, 0.15) is 78.1 Å². The quantitative estimate of drug-likeness (QED) is 0.396. The van der Waals surface area contributed by atoms with Crippen molar-refractivity contribution in [3.63, 3.8) is 0 Å². The van der Waals surface area contributed by atoms with Crippen LogP contribution < -0.4 is 0 Å². The number of hydrogen-bond donors (Lipinski definition) is 0. The molecule has 0 N–H and O–H groups in total. The molecule has 0 radical (unpaired) electrons. The Balaban J connectivity index is 1.58. The van der Waals surface area contributed by atoms with Crippen molar-refractivity contribution in [2.24, 2.45) is 11.8 Å². The summed E-state index contributed by atoms with van der Waals surface area (Å²) in [5.74, 6) is 2.09. The first kappa shape index (κ1) is 14.4. The highest BCUT2D eigenvalue weighted by molar-refractivity contribution is 4.90. The summed E-state index contributed by atoms with van der Waals surface area (Å²) in [5, 5.41) is 0. The molecule has 18 heavy (non-hydrogen) atoms. The second-order valence-corrected chi connectivity index (χ2v) is 6.64. The molecule has 0 bridgehead atoms. The first-order chi connectivity index (χ1) is 8.85. The van der Waals surface area contributed by atoms with E-state index in [1.165, 1.54) is 77.3 Å². The predicted molar refractivity (Wildman–Crippen MR) is 79.9 cm³/mol. The Morgan fingerprint density at radius 1 is 1.00 bits per heavy atom. The van der Waals surface area contributed by atoms with Crippen LogP contribution in [0.5, 0.6) is 0 Å². The molecule has 2 atom stereocenters. The maximum Gasteiger partial charge on any atom is 0.0125 e. The second kappa shape index (κ2) is 7.53.